The molecule has 2 aromatic heterocycles. The van der Waals surface area contributed by atoms with Crippen LogP contribution in [0.2, 0.25) is 0 Å². The minimum Gasteiger partial charge on any atom is -0.486 e. The van der Waals surface area contributed by atoms with E-state index in [0.717, 1.165) is 26.5 Å². The standard InChI is InChI=1S/C19H12N2OS2/c1-2-4-13-9-14(6-5-12(13)3-1)22-10-17-21-15-7-8-16-18(19(15)24-17)20-11-23-16/h1-9,11H,10H2. The molecule has 24 heavy (non-hydrogen) atoms. The third-order valence-corrected chi connectivity index (χ3v) is 5.83. The molecule has 0 saturated heterocycles. The van der Waals surface area contributed by atoms with Gasteiger partial charge in [0.25, 0.3) is 0 Å². The molecule has 0 saturated carbocycles. The average Bonchev–Trinajstić information content (AvgIpc) is 3.25. The molecule has 0 unspecified atom stereocenters. The summed E-state index contributed by atoms with van der Waals surface area (Å²) >= 11 is 3.32. The lowest BCUT2D eigenvalue weighted by molar-refractivity contribution is 0.306. The smallest absolute Gasteiger partial charge is 0.140 e. The third-order valence-electron chi connectivity index (χ3n) is 3.98. The minimum atomic E-state index is 0.476. The van der Waals surface area contributed by atoms with E-state index in [1.807, 2.05) is 23.7 Å². The van der Waals surface area contributed by atoms with Crippen LogP contribution in [0.1, 0.15) is 5.01 Å². The zero-order chi connectivity index (χ0) is 15.9. The van der Waals surface area contributed by atoms with E-state index in [2.05, 4.69) is 46.4 Å². The number of aromatic nitrogens is 2. The number of hydrogen-bond acceptors (Lipinski definition) is 5. The topological polar surface area (TPSA) is 35.0 Å². The van der Waals surface area contributed by atoms with Gasteiger partial charge >= 0.3 is 0 Å². The lowest BCUT2D eigenvalue weighted by Gasteiger charge is -2.05. The van der Waals surface area contributed by atoms with Crippen LogP contribution in [0.4, 0.5) is 0 Å². The Bertz CT molecular complexity index is 1180. The van der Waals surface area contributed by atoms with Crippen molar-refractivity contribution in [3.8, 4) is 5.75 Å². The molecule has 0 N–H and O–H groups in total. The summed E-state index contributed by atoms with van der Waals surface area (Å²) in [7, 11) is 0. The van der Waals surface area contributed by atoms with Crippen LogP contribution in [-0.2, 0) is 6.61 Å². The lowest BCUT2D eigenvalue weighted by Crippen LogP contribution is -1.94. The first kappa shape index (κ1) is 13.9. The highest BCUT2D eigenvalue weighted by Crippen LogP contribution is 2.32. The van der Waals surface area contributed by atoms with Gasteiger partial charge in [-0.2, -0.15) is 0 Å². The first-order valence-electron chi connectivity index (χ1n) is 7.60. The molecular formula is C19H12N2OS2. The Kier molecular flexibility index (Phi) is 3.21. The minimum absolute atomic E-state index is 0.476. The molecule has 0 radical (unpaired) electrons. The molecule has 116 valence electrons. The first-order chi connectivity index (χ1) is 11.9. The summed E-state index contributed by atoms with van der Waals surface area (Å²) in [4.78, 5) is 9.14. The van der Waals surface area contributed by atoms with Crippen LogP contribution < -0.4 is 4.74 Å². The number of rotatable bonds is 3. The number of nitrogens with zero attached hydrogens (tertiary/aromatic N) is 2. The van der Waals surface area contributed by atoms with Gasteiger partial charge in [0.1, 0.15) is 22.9 Å². The highest BCUT2D eigenvalue weighted by molar-refractivity contribution is 7.21. The normalized spacial score (nSPS) is 11.5. The monoisotopic (exact) mass is 348 g/mol. The van der Waals surface area contributed by atoms with Crippen molar-refractivity contribution >= 4 is 53.9 Å². The fraction of sp³-hybridized carbons (Fsp3) is 0.0526. The predicted molar refractivity (Wildman–Crippen MR) is 101 cm³/mol. The summed E-state index contributed by atoms with van der Waals surface area (Å²) in [5.41, 5.74) is 3.93. The Balaban J connectivity index is 1.45. The number of fused-ring (bicyclic) bond motifs is 4. The van der Waals surface area contributed by atoms with Crippen molar-refractivity contribution in [2.45, 2.75) is 6.61 Å². The van der Waals surface area contributed by atoms with Gasteiger partial charge in [0.15, 0.2) is 0 Å². The van der Waals surface area contributed by atoms with Crippen LogP contribution in [-0.4, -0.2) is 9.97 Å². The molecule has 3 nitrogen and oxygen atoms in total. The SMILES string of the molecule is c1ccc2cc(OCc3nc4ccc5scnc5c4s3)ccc2c1. The third kappa shape index (κ3) is 2.33. The summed E-state index contributed by atoms with van der Waals surface area (Å²) in [6.45, 7) is 0.476. The molecule has 0 bridgehead atoms. The van der Waals surface area contributed by atoms with Crippen molar-refractivity contribution in [1.82, 2.24) is 9.97 Å². The lowest BCUT2D eigenvalue weighted by atomic mass is 10.1. The van der Waals surface area contributed by atoms with Crippen LogP contribution in [0, 0.1) is 0 Å². The second kappa shape index (κ2) is 5.54. The Morgan fingerprint density at radius 3 is 2.83 bits per heavy atom. The van der Waals surface area contributed by atoms with E-state index >= 15 is 0 Å². The van der Waals surface area contributed by atoms with Crippen LogP contribution in [0.25, 0.3) is 31.2 Å². The van der Waals surface area contributed by atoms with Crippen molar-refractivity contribution in [1.29, 1.82) is 0 Å². The van der Waals surface area contributed by atoms with Gasteiger partial charge in [0.2, 0.25) is 0 Å². The van der Waals surface area contributed by atoms with Gasteiger partial charge in [-0.3, -0.25) is 0 Å². The van der Waals surface area contributed by atoms with E-state index in [4.69, 9.17) is 4.74 Å². The molecule has 0 spiro atoms. The maximum absolute atomic E-state index is 5.95. The molecule has 0 aliphatic heterocycles. The van der Waals surface area contributed by atoms with Gasteiger partial charge in [-0.15, -0.1) is 22.7 Å². The predicted octanol–water partition coefficient (Wildman–Crippen LogP) is 5.64. The summed E-state index contributed by atoms with van der Waals surface area (Å²) in [6, 6.07) is 18.6. The molecule has 0 atom stereocenters. The largest absolute Gasteiger partial charge is 0.486 e. The second-order valence-electron chi connectivity index (χ2n) is 5.52. The van der Waals surface area contributed by atoms with E-state index in [1.165, 1.54) is 15.5 Å². The summed E-state index contributed by atoms with van der Waals surface area (Å²) in [5.74, 6) is 0.867. The first-order valence-corrected chi connectivity index (χ1v) is 9.30. The van der Waals surface area contributed by atoms with Crippen molar-refractivity contribution < 1.29 is 4.74 Å². The van der Waals surface area contributed by atoms with Crippen LogP contribution in [0.3, 0.4) is 0 Å². The molecule has 0 aliphatic carbocycles. The van der Waals surface area contributed by atoms with Crippen molar-refractivity contribution in [2.24, 2.45) is 0 Å². The number of thiazole rings is 2. The fourth-order valence-corrected chi connectivity index (χ4v) is 4.55. The van der Waals surface area contributed by atoms with E-state index in [-0.39, 0.29) is 0 Å². The molecule has 0 fully saturated rings. The molecule has 0 aliphatic rings. The Hall–Kier alpha value is -2.50. The maximum Gasteiger partial charge on any atom is 0.140 e. The number of ether oxygens (including phenoxy) is 1. The highest BCUT2D eigenvalue weighted by atomic mass is 32.1. The van der Waals surface area contributed by atoms with E-state index in [9.17, 15) is 0 Å². The van der Waals surface area contributed by atoms with Gasteiger partial charge < -0.3 is 4.74 Å². The quantitative estimate of drug-likeness (QED) is 0.423. The van der Waals surface area contributed by atoms with Crippen molar-refractivity contribution in [2.75, 3.05) is 0 Å². The number of hydrogen-bond donors (Lipinski definition) is 0. The molecule has 5 rings (SSSR count). The number of benzene rings is 3. The van der Waals surface area contributed by atoms with Gasteiger partial charge in [-0.25, -0.2) is 9.97 Å². The second-order valence-corrected chi connectivity index (χ2v) is 7.49. The summed E-state index contributed by atoms with van der Waals surface area (Å²) < 4.78 is 8.30. The van der Waals surface area contributed by atoms with Gasteiger partial charge in [0.05, 0.1) is 20.4 Å². The van der Waals surface area contributed by atoms with Crippen LogP contribution in [0.15, 0.2) is 60.1 Å². The zero-order valence-corrected chi connectivity index (χ0v) is 14.2. The highest BCUT2D eigenvalue weighted by Gasteiger charge is 2.10. The Morgan fingerprint density at radius 1 is 0.958 bits per heavy atom. The van der Waals surface area contributed by atoms with Crippen molar-refractivity contribution in [3.63, 3.8) is 0 Å². The van der Waals surface area contributed by atoms with Crippen LogP contribution in [0.5, 0.6) is 5.75 Å². The molecule has 3 aromatic carbocycles. The Labute approximate surface area is 146 Å². The average molecular weight is 348 g/mol. The van der Waals surface area contributed by atoms with Crippen molar-refractivity contribution in [3.05, 3.63) is 65.1 Å². The van der Waals surface area contributed by atoms with Gasteiger partial charge in [-0.05, 0) is 35.0 Å². The van der Waals surface area contributed by atoms with E-state index in [1.54, 1.807) is 22.7 Å². The maximum atomic E-state index is 5.95. The van der Waals surface area contributed by atoms with E-state index < -0.39 is 0 Å². The van der Waals surface area contributed by atoms with E-state index in [0.29, 0.717) is 6.61 Å². The Morgan fingerprint density at radius 2 is 1.88 bits per heavy atom. The zero-order valence-electron chi connectivity index (χ0n) is 12.6. The molecule has 0 amide bonds. The summed E-state index contributed by atoms with van der Waals surface area (Å²) in [5, 5.41) is 3.37. The summed E-state index contributed by atoms with van der Waals surface area (Å²) in [6.07, 6.45) is 0. The van der Waals surface area contributed by atoms with Gasteiger partial charge in [-0.1, -0.05) is 30.3 Å². The molecule has 5 heteroatoms. The molecule has 5 aromatic rings. The fourth-order valence-electron chi connectivity index (χ4n) is 2.82. The molecule has 2 heterocycles. The van der Waals surface area contributed by atoms with Gasteiger partial charge in [0, 0.05) is 0 Å². The van der Waals surface area contributed by atoms with Crippen LogP contribution >= 0.6 is 22.7 Å². The molecular weight excluding hydrogens is 336 g/mol.